The summed E-state index contributed by atoms with van der Waals surface area (Å²) in [6, 6.07) is 7.63. The van der Waals surface area contributed by atoms with Gasteiger partial charge in [-0.15, -0.1) is 0 Å². The molecule has 1 fully saturated rings. The molecular weight excluding hydrogens is 332 g/mol. The largest absolute Gasteiger partial charge is 0.496 e. The Morgan fingerprint density at radius 2 is 2.15 bits per heavy atom. The highest BCUT2D eigenvalue weighted by Crippen LogP contribution is 2.26. The minimum atomic E-state index is -0.311. The summed E-state index contributed by atoms with van der Waals surface area (Å²) < 4.78 is 5.35. The molecule has 1 atom stereocenters. The third kappa shape index (κ3) is 3.71. The Kier molecular flexibility index (Phi) is 5.25. The Balaban J connectivity index is 1.63. The first-order valence-corrected chi connectivity index (χ1v) is 8.63. The number of carbonyl (C=O) groups is 2. The average molecular weight is 356 g/mol. The fraction of sp³-hybridized carbons (Fsp3) is 0.421. The SMILES string of the molecule is COc1ccccc1CN1CC(C(=O)N(C)Cc2cn[nH]c2C)CC1=O. The number of ether oxygens (including phenoxy) is 1. The maximum atomic E-state index is 12.7. The summed E-state index contributed by atoms with van der Waals surface area (Å²) in [4.78, 5) is 28.5. The molecule has 26 heavy (non-hydrogen) atoms. The maximum absolute atomic E-state index is 12.7. The van der Waals surface area contributed by atoms with E-state index in [4.69, 9.17) is 4.74 Å². The Morgan fingerprint density at radius 1 is 1.38 bits per heavy atom. The zero-order valence-electron chi connectivity index (χ0n) is 15.4. The third-order valence-corrected chi connectivity index (χ3v) is 4.84. The highest BCUT2D eigenvalue weighted by molar-refractivity contribution is 5.89. The van der Waals surface area contributed by atoms with Gasteiger partial charge in [-0.2, -0.15) is 5.10 Å². The minimum Gasteiger partial charge on any atom is -0.496 e. The standard InChI is InChI=1S/C19H24N4O3/c1-13-16(9-20-21-13)10-22(2)19(25)15-8-18(24)23(12-15)11-14-6-4-5-7-17(14)26-3/h4-7,9,15H,8,10-12H2,1-3H3,(H,20,21). The summed E-state index contributed by atoms with van der Waals surface area (Å²) in [5.74, 6) is 0.431. The van der Waals surface area contributed by atoms with Crippen molar-refractivity contribution >= 4 is 11.8 Å². The Bertz CT molecular complexity index is 802. The van der Waals surface area contributed by atoms with Gasteiger partial charge in [0.25, 0.3) is 0 Å². The van der Waals surface area contributed by atoms with E-state index in [1.54, 1.807) is 30.2 Å². The molecule has 1 aromatic heterocycles. The van der Waals surface area contributed by atoms with E-state index in [0.29, 0.717) is 19.6 Å². The van der Waals surface area contributed by atoms with Gasteiger partial charge < -0.3 is 14.5 Å². The average Bonchev–Trinajstić information content (AvgIpc) is 3.20. The molecule has 1 saturated heterocycles. The number of aryl methyl sites for hydroxylation is 1. The van der Waals surface area contributed by atoms with Crippen LogP contribution in [-0.2, 0) is 22.7 Å². The fourth-order valence-electron chi connectivity index (χ4n) is 3.31. The lowest BCUT2D eigenvalue weighted by molar-refractivity contribution is -0.135. The molecule has 138 valence electrons. The van der Waals surface area contributed by atoms with E-state index in [-0.39, 0.29) is 24.2 Å². The van der Waals surface area contributed by atoms with E-state index < -0.39 is 0 Å². The number of hydrogen-bond donors (Lipinski definition) is 1. The number of likely N-dealkylation sites (tertiary alicyclic amines) is 1. The summed E-state index contributed by atoms with van der Waals surface area (Å²) in [7, 11) is 3.38. The van der Waals surface area contributed by atoms with Crippen molar-refractivity contribution in [2.24, 2.45) is 5.92 Å². The van der Waals surface area contributed by atoms with E-state index in [9.17, 15) is 9.59 Å². The number of H-pyrrole nitrogens is 1. The number of nitrogens with one attached hydrogen (secondary N) is 1. The van der Waals surface area contributed by atoms with E-state index in [1.165, 1.54) is 0 Å². The summed E-state index contributed by atoms with van der Waals surface area (Å²) in [6.07, 6.45) is 1.98. The summed E-state index contributed by atoms with van der Waals surface area (Å²) in [6.45, 7) is 3.30. The first-order chi connectivity index (χ1) is 12.5. The minimum absolute atomic E-state index is 0.00199. The number of aromatic nitrogens is 2. The molecule has 7 heteroatoms. The molecule has 2 amide bonds. The monoisotopic (exact) mass is 356 g/mol. The van der Waals surface area contributed by atoms with Crippen LogP contribution in [0.15, 0.2) is 30.5 Å². The predicted octanol–water partition coefficient (Wildman–Crippen LogP) is 1.73. The van der Waals surface area contributed by atoms with Crippen molar-refractivity contribution in [3.05, 3.63) is 47.3 Å². The maximum Gasteiger partial charge on any atom is 0.228 e. The van der Waals surface area contributed by atoms with Gasteiger partial charge in [-0.05, 0) is 13.0 Å². The van der Waals surface area contributed by atoms with Crippen molar-refractivity contribution < 1.29 is 14.3 Å². The Labute approximate surface area is 152 Å². The molecule has 0 spiro atoms. The quantitative estimate of drug-likeness (QED) is 0.855. The molecule has 7 nitrogen and oxygen atoms in total. The molecule has 0 saturated carbocycles. The number of para-hydroxylation sites is 1. The van der Waals surface area contributed by atoms with E-state index in [1.807, 2.05) is 31.2 Å². The highest BCUT2D eigenvalue weighted by Gasteiger charge is 2.36. The van der Waals surface area contributed by atoms with Gasteiger partial charge in [-0.1, -0.05) is 18.2 Å². The van der Waals surface area contributed by atoms with Crippen LogP contribution in [0.5, 0.6) is 5.75 Å². The zero-order valence-corrected chi connectivity index (χ0v) is 15.4. The van der Waals surface area contributed by atoms with Crippen molar-refractivity contribution in [3.8, 4) is 5.75 Å². The van der Waals surface area contributed by atoms with E-state index in [0.717, 1.165) is 22.6 Å². The second-order valence-electron chi connectivity index (χ2n) is 6.70. The first kappa shape index (κ1) is 18.0. The normalized spacial score (nSPS) is 16.8. The smallest absolute Gasteiger partial charge is 0.228 e. The molecule has 2 heterocycles. The van der Waals surface area contributed by atoms with Crippen LogP contribution in [0.2, 0.25) is 0 Å². The number of methoxy groups -OCH3 is 1. The summed E-state index contributed by atoms with van der Waals surface area (Å²) in [5.41, 5.74) is 2.87. The number of aromatic amines is 1. The molecular formula is C19H24N4O3. The van der Waals surface area contributed by atoms with Gasteiger partial charge in [-0.25, -0.2) is 0 Å². The van der Waals surface area contributed by atoms with Crippen LogP contribution in [0.3, 0.4) is 0 Å². The second-order valence-corrected chi connectivity index (χ2v) is 6.70. The van der Waals surface area contributed by atoms with Gasteiger partial charge in [-0.3, -0.25) is 14.7 Å². The molecule has 1 unspecified atom stereocenters. The van der Waals surface area contributed by atoms with E-state index >= 15 is 0 Å². The predicted molar refractivity (Wildman–Crippen MR) is 96.3 cm³/mol. The van der Waals surface area contributed by atoms with Gasteiger partial charge in [0, 0.05) is 49.9 Å². The summed E-state index contributed by atoms with van der Waals surface area (Å²) >= 11 is 0. The Morgan fingerprint density at radius 3 is 2.85 bits per heavy atom. The molecule has 1 aliphatic heterocycles. The Hall–Kier alpha value is -2.83. The van der Waals surface area contributed by atoms with Crippen LogP contribution in [0.25, 0.3) is 0 Å². The number of rotatable bonds is 6. The number of hydrogen-bond acceptors (Lipinski definition) is 4. The molecule has 1 aliphatic rings. The van der Waals surface area contributed by atoms with Gasteiger partial charge in [0.1, 0.15) is 5.75 Å². The van der Waals surface area contributed by atoms with Crippen LogP contribution in [0.1, 0.15) is 23.2 Å². The summed E-state index contributed by atoms with van der Waals surface area (Å²) in [5, 5.41) is 6.85. The molecule has 0 aliphatic carbocycles. The number of amides is 2. The topological polar surface area (TPSA) is 78.5 Å². The van der Waals surface area contributed by atoms with Gasteiger partial charge in [0.05, 0.1) is 19.2 Å². The number of benzene rings is 1. The zero-order chi connectivity index (χ0) is 18.7. The van der Waals surface area contributed by atoms with Crippen LogP contribution >= 0.6 is 0 Å². The number of nitrogens with zero attached hydrogens (tertiary/aromatic N) is 3. The lowest BCUT2D eigenvalue weighted by Gasteiger charge is -2.21. The van der Waals surface area contributed by atoms with Crippen LogP contribution < -0.4 is 4.74 Å². The van der Waals surface area contributed by atoms with Crippen molar-refractivity contribution in [2.75, 3.05) is 20.7 Å². The fourth-order valence-corrected chi connectivity index (χ4v) is 3.31. The van der Waals surface area contributed by atoms with Crippen LogP contribution in [0, 0.1) is 12.8 Å². The third-order valence-electron chi connectivity index (χ3n) is 4.84. The highest BCUT2D eigenvalue weighted by atomic mass is 16.5. The van der Waals surface area contributed by atoms with Crippen molar-refractivity contribution in [2.45, 2.75) is 26.4 Å². The van der Waals surface area contributed by atoms with E-state index in [2.05, 4.69) is 10.2 Å². The van der Waals surface area contributed by atoms with Crippen molar-refractivity contribution in [3.63, 3.8) is 0 Å². The lowest BCUT2D eigenvalue weighted by atomic mass is 10.1. The van der Waals surface area contributed by atoms with Crippen molar-refractivity contribution in [1.82, 2.24) is 20.0 Å². The van der Waals surface area contributed by atoms with Gasteiger partial charge in [0.2, 0.25) is 11.8 Å². The van der Waals surface area contributed by atoms with Crippen molar-refractivity contribution in [1.29, 1.82) is 0 Å². The first-order valence-electron chi connectivity index (χ1n) is 8.63. The molecule has 3 rings (SSSR count). The van der Waals surface area contributed by atoms with Gasteiger partial charge in [0.15, 0.2) is 0 Å². The lowest BCUT2D eigenvalue weighted by Crippen LogP contribution is -2.34. The van der Waals surface area contributed by atoms with Crippen LogP contribution in [-0.4, -0.2) is 52.5 Å². The molecule has 1 N–H and O–H groups in total. The molecule has 0 bridgehead atoms. The van der Waals surface area contributed by atoms with Crippen LogP contribution in [0.4, 0.5) is 0 Å². The number of carbonyl (C=O) groups excluding carboxylic acids is 2. The molecule has 1 aromatic carbocycles. The second kappa shape index (κ2) is 7.59. The molecule has 2 aromatic rings. The molecule has 0 radical (unpaired) electrons. The van der Waals surface area contributed by atoms with Gasteiger partial charge >= 0.3 is 0 Å².